The fourth-order valence-electron chi connectivity index (χ4n) is 1.65. The van der Waals surface area contributed by atoms with Gasteiger partial charge in [-0.2, -0.15) is 0 Å². The second kappa shape index (κ2) is 6.20. The molecule has 1 saturated heterocycles. The Morgan fingerprint density at radius 2 is 1.83 bits per heavy atom. The Balaban J connectivity index is 2.36. The Morgan fingerprint density at radius 1 is 1.28 bits per heavy atom. The topological polar surface area (TPSA) is 116 Å². The summed E-state index contributed by atoms with van der Waals surface area (Å²) in [5.41, 5.74) is 5.05. The van der Waals surface area contributed by atoms with Gasteiger partial charge in [0.05, 0.1) is 6.54 Å². The highest BCUT2D eigenvalue weighted by atomic mass is 16.4. The van der Waals surface area contributed by atoms with Gasteiger partial charge < -0.3 is 21.1 Å². The highest BCUT2D eigenvalue weighted by Crippen LogP contribution is 2.02. The zero-order valence-corrected chi connectivity index (χ0v) is 10.3. The summed E-state index contributed by atoms with van der Waals surface area (Å²) in [6.45, 7) is 3.37. The van der Waals surface area contributed by atoms with Gasteiger partial charge in [-0.15, -0.1) is 0 Å². The summed E-state index contributed by atoms with van der Waals surface area (Å²) in [6.07, 6.45) is 0. The summed E-state index contributed by atoms with van der Waals surface area (Å²) in [5, 5.41) is 11.1. The molecule has 1 atom stereocenters. The lowest BCUT2D eigenvalue weighted by atomic mass is 10.3. The minimum Gasteiger partial charge on any atom is -0.480 e. The normalized spacial score (nSPS) is 18.2. The van der Waals surface area contributed by atoms with Gasteiger partial charge in [-0.3, -0.25) is 14.5 Å². The van der Waals surface area contributed by atoms with E-state index in [9.17, 15) is 14.4 Å². The third-order valence-electron chi connectivity index (χ3n) is 2.79. The van der Waals surface area contributed by atoms with Crippen molar-refractivity contribution in [3.8, 4) is 0 Å². The number of hydrogen-bond acceptors (Lipinski definition) is 4. The Kier molecular flexibility index (Phi) is 4.90. The van der Waals surface area contributed by atoms with Gasteiger partial charge in [0.15, 0.2) is 0 Å². The standard InChI is InChI=1S/C10H18N4O4/c1-7(9(11)17)12-10(18)14-4-2-13(3-5-14)6-8(15)16/h7H,2-6H2,1H3,(H2,11,17)(H,12,18)(H,15,16). The van der Waals surface area contributed by atoms with E-state index in [1.165, 1.54) is 11.8 Å². The van der Waals surface area contributed by atoms with E-state index in [0.717, 1.165) is 0 Å². The molecule has 1 aliphatic rings. The maximum Gasteiger partial charge on any atom is 0.318 e. The van der Waals surface area contributed by atoms with E-state index < -0.39 is 17.9 Å². The van der Waals surface area contributed by atoms with Gasteiger partial charge in [-0.25, -0.2) is 4.79 Å². The molecule has 0 bridgehead atoms. The molecule has 18 heavy (non-hydrogen) atoms. The average Bonchev–Trinajstić information content (AvgIpc) is 2.28. The number of nitrogens with one attached hydrogen (secondary N) is 1. The van der Waals surface area contributed by atoms with Crippen LogP contribution in [0.15, 0.2) is 0 Å². The Hall–Kier alpha value is -1.83. The predicted molar refractivity (Wildman–Crippen MR) is 62.8 cm³/mol. The highest BCUT2D eigenvalue weighted by Gasteiger charge is 2.23. The van der Waals surface area contributed by atoms with Gasteiger partial charge in [0, 0.05) is 26.2 Å². The molecular weight excluding hydrogens is 240 g/mol. The lowest BCUT2D eigenvalue weighted by molar-refractivity contribution is -0.138. The molecule has 0 saturated carbocycles. The summed E-state index contributed by atoms with van der Waals surface area (Å²) in [5.74, 6) is -1.47. The van der Waals surface area contributed by atoms with E-state index >= 15 is 0 Å². The smallest absolute Gasteiger partial charge is 0.318 e. The first-order valence-electron chi connectivity index (χ1n) is 5.69. The molecule has 1 heterocycles. The molecule has 0 radical (unpaired) electrons. The lowest BCUT2D eigenvalue weighted by Gasteiger charge is -2.34. The minimum atomic E-state index is -0.879. The SMILES string of the molecule is CC(NC(=O)N1CCN(CC(=O)O)CC1)C(N)=O. The van der Waals surface area contributed by atoms with Gasteiger partial charge in [0.25, 0.3) is 0 Å². The van der Waals surface area contributed by atoms with Gasteiger partial charge in [0.2, 0.25) is 5.91 Å². The van der Waals surface area contributed by atoms with E-state index in [-0.39, 0.29) is 12.6 Å². The molecule has 4 N–H and O–H groups in total. The highest BCUT2D eigenvalue weighted by molar-refractivity contribution is 5.85. The summed E-state index contributed by atoms with van der Waals surface area (Å²) >= 11 is 0. The number of carboxylic acid groups (broad SMARTS) is 1. The van der Waals surface area contributed by atoms with Crippen LogP contribution in [0.25, 0.3) is 0 Å². The number of carboxylic acids is 1. The van der Waals surface area contributed by atoms with Crippen LogP contribution < -0.4 is 11.1 Å². The molecule has 1 rings (SSSR count). The molecule has 0 aliphatic carbocycles. The van der Waals surface area contributed by atoms with Crippen LogP contribution in [-0.4, -0.2) is 71.6 Å². The van der Waals surface area contributed by atoms with Gasteiger partial charge in [0.1, 0.15) is 6.04 Å². The second-order valence-electron chi connectivity index (χ2n) is 4.23. The first kappa shape index (κ1) is 14.2. The number of primary amides is 1. The quantitative estimate of drug-likeness (QED) is 0.554. The predicted octanol–water partition coefficient (Wildman–Crippen LogP) is -1.73. The zero-order chi connectivity index (χ0) is 13.7. The van der Waals surface area contributed by atoms with Crippen LogP contribution in [0, 0.1) is 0 Å². The van der Waals surface area contributed by atoms with Crippen molar-refractivity contribution in [1.29, 1.82) is 0 Å². The number of rotatable bonds is 4. The Labute approximate surface area is 105 Å². The molecular formula is C10H18N4O4. The summed E-state index contributed by atoms with van der Waals surface area (Å²) in [7, 11) is 0. The number of urea groups is 1. The van der Waals surface area contributed by atoms with Crippen LogP contribution in [0.3, 0.4) is 0 Å². The summed E-state index contributed by atoms with van der Waals surface area (Å²) < 4.78 is 0. The van der Waals surface area contributed by atoms with Crippen LogP contribution >= 0.6 is 0 Å². The molecule has 8 heteroatoms. The number of hydrogen-bond donors (Lipinski definition) is 3. The van der Waals surface area contributed by atoms with Gasteiger partial charge >= 0.3 is 12.0 Å². The number of carbonyl (C=O) groups is 3. The summed E-state index contributed by atoms with van der Waals surface area (Å²) in [6, 6.07) is -1.06. The monoisotopic (exact) mass is 258 g/mol. The van der Waals surface area contributed by atoms with Crippen molar-refractivity contribution < 1.29 is 19.5 Å². The largest absolute Gasteiger partial charge is 0.480 e. The van der Waals surface area contributed by atoms with Crippen molar-refractivity contribution in [1.82, 2.24) is 15.1 Å². The van der Waals surface area contributed by atoms with Gasteiger partial charge in [-0.1, -0.05) is 0 Å². The van der Waals surface area contributed by atoms with Crippen LogP contribution in [0.4, 0.5) is 4.79 Å². The Morgan fingerprint density at radius 3 is 2.28 bits per heavy atom. The molecule has 3 amide bonds. The molecule has 1 unspecified atom stereocenters. The van der Waals surface area contributed by atoms with Crippen molar-refractivity contribution in [2.24, 2.45) is 5.73 Å². The number of nitrogens with two attached hydrogens (primary N) is 1. The Bertz CT molecular complexity index is 339. The van der Waals surface area contributed by atoms with E-state index in [0.29, 0.717) is 26.2 Å². The number of amides is 3. The van der Waals surface area contributed by atoms with Crippen LogP contribution in [0.1, 0.15) is 6.92 Å². The molecule has 1 fully saturated rings. The average molecular weight is 258 g/mol. The number of nitrogens with zero attached hydrogens (tertiary/aromatic N) is 2. The van der Waals surface area contributed by atoms with Crippen LogP contribution in [0.2, 0.25) is 0 Å². The van der Waals surface area contributed by atoms with Crippen molar-refractivity contribution in [3.05, 3.63) is 0 Å². The number of piperazine rings is 1. The second-order valence-corrected chi connectivity index (χ2v) is 4.23. The van der Waals surface area contributed by atoms with E-state index in [2.05, 4.69) is 5.32 Å². The van der Waals surface area contributed by atoms with Crippen LogP contribution in [-0.2, 0) is 9.59 Å². The molecule has 0 spiro atoms. The van der Waals surface area contributed by atoms with Crippen molar-refractivity contribution in [3.63, 3.8) is 0 Å². The van der Waals surface area contributed by atoms with E-state index in [1.807, 2.05) is 0 Å². The van der Waals surface area contributed by atoms with Crippen molar-refractivity contribution >= 4 is 17.9 Å². The van der Waals surface area contributed by atoms with Crippen LogP contribution in [0.5, 0.6) is 0 Å². The maximum atomic E-state index is 11.7. The third kappa shape index (κ3) is 4.21. The fourth-order valence-corrected chi connectivity index (χ4v) is 1.65. The summed E-state index contributed by atoms with van der Waals surface area (Å²) in [4.78, 5) is 36.3. The molecule has 102 valence electrons. The number of carbonyl (C=O) groups excluding carboxylic acids is 2. The molecule has 8 nitrogen and oxygen atoms in total. The maximum absolute atomic E-state index is 11.7. The first-order valence-corrected chi connectivity index (χ1v) is 5.69. The van der Waals surface area contributed by atoms with Gasteiger partial charge in [-0.05, 0) is 6.92 Å². The van der Waals surface area contributed by atoms with E-state index in [4.69, 9.17) is 10.8 Å². The molecule has 0 aromatic heterocycles. The lowest BCUT2D eigenvalue weighted by Crippen LogP contribution is -2.55. The third-order valence-corrected chi connectivity index (χ3v) is 2.79. The zero-order valence-electron chi connectivity index (χ0n) is 10.3. The fraction of sp³-hybridized carbons (Fsp3) is 0.700. The first-order chi connectivity index (χ1) is 8.40. The minimum absolute atomic E-state index is 0.0207. The van der Waals surface area contributed by atoms with E-state index in [1.54, 1.807) is 4.90 Å². The van der Waals surface area contributed by atoms with Crippen molar-refractivity contribution in [2.45, 2.75) is 13.0 Å². The molecule has 0 aromatic rings. The number of aliphatic carboxylic acids is 1. The van der Waals surface area contributed by atoms with Crippen molar-refractivity contribution in [2.75, 3.05) is 32.7 Å². The molecule has 1 aliphatic heterocycles. The molecule has 0 aromatic carbocycles.